The lowest BCUT2D eigenvalue weighted by Gasteiger charge is -2.27. The molecule has 0 unspecified atom stereocenters. The predicted octanol–water partition coefficient (Wildman–Crippen LogP) is 2.46. The Morgan fingerprint density at radius 2 is 1.96 bits per heavy atom. The largest absolute Gasteiger partial charge is 0.508 e. The lowest BCUT2D eigenvalue weighted by Crippen LogP contribution is -2.37. The van der Waals surface area contributed by atoms with Crippen LogP contribution in [0.25, 0.3) is 11.0 Å². The first-order chi connectivity index (χ1) is 12.7. The summed E-state index contributed by atoms with van der Waals surface area (Å²) >= 11 is 0. The molecule has 3 N–H and O–H groups in total. The van der Waals surface area contributed by atoms with Crippen LogP contribution in [-0.2, 0) is 11.2 Å². The number of aromatic nitrogens is 3. The second kappa shape index (κ2) is 7.21. The fourth-order valence-corrected chi connectivity index (χ4v) is 3.16. The number of aryl methyl sites for hydroxylation is 1. The zero-order chi connectivity index (χ0) is 17.9. The predicted molar refractivity (Wildman–Crippen MR) is 102 cm³/mol. The highest BCUT2D eigenvalue weighted by atomic mass is 16.5. The SMILES string of the molecule is Cc1cc2c(NCCc3ccc(O)cc3)nc(N3CCOCC3)nc2[nH]1. The minimum Gasteiger partial charge on any atom is -0.508 e. The summed E-state index contributed by atoms with van der Waals surface area (Å²) in [5.74, 6) is 1.87. The lowest BCUT2D eigenvalue weighted by atomic mass is 10.1. The number of fused-ring (bicyclic) bond motifs is 1. The van der Waals surface area contributed by atoms with E-state index in [0.29, 0.717) is 13.2 Å². The smallest absolute Gasteiger partial charge is 0.229 e. The monoisotopic (exact) mass is 353 g/mol. The first-order valence-electron chi connectivity index (χ1n) is 8.91. The average molecular weight is 353 g/mol. The van der Waals surface area contributed by atoms with Crippen LogP contribution in [0, 0.1) is 6.92 Å². The van der Waals surface area contributed by atoms with Crippen molar-refractivity contribution in [3.63, 3.8) is 0 Å². The van der Waals surface area contributed by atoms with Gasteiger partial charge in [-0.3, -0.25) is 0 Å². The summed E-state index contributed by atoms with van der Waals surface area (Å²) in [5, 5.41) is 13.8. The van der Waals surface area contributed by atoms with Crippen molar-refractivity contribution in [1.29, 1.82) is 0 Å². The van der Waals surface area contributed by atoms with Gasteiger partial charge in [-0.25, -0.2) is 0 Å². The molecule has 0 radical (unpaired) electrons. The number of aromatic amines is 1. The van der Waals surface area contributed by atoms with Gasteiger partial charge >= 0.3 is 0 Å². The average Bonchev–Trinajstić information content (AvgIpc) is 3.04. The summed E-state index contributed by atoms with van der Waals surface area (Å²) < 4.78 is 5.43. The third-order valence-corrected chi connectivity index (χ3v) is 4.55. The van der Waals surface area contributed by atoms with Gasteiger partial charge in [0.1, 0.15) is 17.2 Å². The van der Waals surface area contributed by atoms with E-state index < -0.39 is 0 Å². The Balaban J connectivity index is 1.54. The van der Waals surface area contributed by atoms with Crippen LogP contribution < -0.4 is 10.2 Å². The summed E-state index contributed by atoms with van der Waals surface area (Å²) in [6.45, 7) is 5.79. The highest BCUT2D eigenvalue weighted by Gasteiger charge is 2.17. The van der Waals surface area contributed by atoms with E-state index in [9.17, 15) is 5.11 Å². The molecule has 2 aromatic heterocycles. The van der Waals surface area contributed by atoms with Gasteiger partial charge in [-0.15, -0.1) is 0 Å². The normalized spacial score (nSPS) is 14.7. The number of phenols is 1. The Kier molecular flexibility index (Phi) is 4.62. The summed E-state index contributed by atoms with van der Waals surface area (Å²) in [4.78, 5) is 14.9. The van der Waals surface area contributed by atoms with E-state index in [1.54, 1.807) is 12.1 Å². The molecule has 1 aliphatic heterocycles. The van der Waals surface area contributed by atoms with Crippen molar-refractivity contribution in [2.45, 2.75) is 13.3 Å². The number of phenolic OH excluding ortho intramolecular Hbond substituents is 1. The van der Waals surface area contributed by atoms with Crippen LogP contribution >= 0.6 is 0 Å². The molecule has 0 atom stereocenters. The third-order valence-electron chi connectivity index (χ3n) is 4.55. The molecule has 26 heavy (non-hydrogen) atoms. The maximum atomic E-state index is 9.39. The van der Waals surface area contributed by atoms with Crippen LogP contribution in [0.2, 0.25) is 0 Å². The lowest BCUT2D eigenvalue weighted by molar-refractivity contribution is 0.122. The Morgan fingerprint density at radius 1 is 1.19 bits per heavy atom. The van der Waals surface area contributed by atoms with Crippen molar-refractivity contribution in [1.82, 2.24) is 15.0 Å². The van der Waals surface area contributed by atoms with Crippen molar-refractivity contribution < 1.29 is 9.84 Å². The van der Waals surface area contributed by atoms with E-state index in [0.717, 1.165) is 54.5 Å². The Morgan fingerprint density at radius 3 is 2.73 bits per heavy atom. The fourth-order valence-electron chi connectivity index (χ4n) is 3.16. The summed E-state index contributed by atoms with van der Waals surface area (Å²) in [6, 6.07) is 9.37. The van der Waals surface area contributed by atoms with Crippen molar-refractivity contribution in [2.24, 2.45) is 0 Å². The van der Waals surface area contributed by atoms with E-state index in [-0.39, 0.29) is 5.75 Å². The van der Waals surface area contributed by atoms with E-state index in [1.807, 2.05) is 19.1 Å². The van der Waals surface area contributed by atoms with Gasteiger partial charge in [-0.1, -0.05) is 12.1 Å². The summed E-state index contributed by atoms with van der Waals surface area (Å²) in [5.41, 5.74) is 3.08. The number of anilines is 2. The van der Waals surface area contributed by atoms with Gasteiger partial charge in [0.15, 0.2) is 0 Å². The molecule has 1 fully saturated rings. The zero-order valence-corrected chi connectivity index (χ0v) is 14.8. The molecule has 0 spiro atoms. The molecule has 136 valence electrons. The van der Waals surface area contributed by atoms with E-state index >= 15 is 0 Å². The van der Waals surface area contributed by atoms with E-state index in [1.165, 1.54) is 5.56 Å². The molecule has 7 heteroatoms. The first kappa shape index (κ1) is 16.7. The van der Waals surface area contributed by atoms with Gasteiger partial charge in [0.05, 0.1) is 18.6 Å². The maximum absolute atomic E-state index is 9.39. The second-order valence-corrected chi connectivity index (χ2v) is 6.53. The second-order valence-electron chi connectivity index (χ2n) is 6.53. The number of H-pyrrole nitrogens is 1. The molecule has 1 aromatic carbocycles. The fraction of sp³-hybridized carbons (Fsp3) is 0.368. The quantitative estimate of drug-likeness (QED) is 0.653. The van der Waals surface area contributed by atoms with Crippen LogP contribution in [-0.4, -0.2) is 52.9 Å². The highest BCUT2D eigenvalue weighted by molar-refractivity contribution is 5.89. The molecule has 3 heterocycles. The number of ether oxygens (including phenoxy) is 1. The number of nitrogens with zero attached hydrogens (tertiary/aromatic N) is 3. The first-order valence-corrected chi connectivity index (χ1v) is 8.91. The van der Waals surface area contributed by atoms with Crippen LogP contribution in [0.1, 0.15) is 11.3 Å². The van der Waals surface area contributed by atoms with E-state index in [2.05, 4.69) is 21.3 Å². The van der Waals surface area contributed by atoms with Gasteiger partial charge in [0.25, 0.3) is 0 Å². The topological polar surface area (TPSA) is 86.3 Å². The number of rotatable bonds is 5. The minimum atomic E-state index is 0.289. The molecule has 3 aromatic rings. The highest BCUT2D eigenvalue weighted by Crippen LogP contribution is 2.25. The van der Waals surface area contributed by atoms with Crippen LogP contribution in [0.3, 0.4) is 0 Å². The molecule has 1 aliphatic rings. The van der Waals surface area contributed by atoms with Gasteiger partial charge in [-0.05, 0) is 37.1 Å². The third kappa shape index (κ3) is 3.57. The number of benzene rings is 1. The van der Waals surface area contributed by atoms with Crippen LogP contribution in [0.15, 0.2) is 30.3 Å². The van der Waals surface area contributed by atoms with Gasteiger partial charge < -0.3 is 25.0 Å². The number of hydrogen-bond acceptors (Lipinski definition) is 6. The summed E-state index contributed by atoms with van der Waals surface area (Å²) in [7, 11) is 0. The number of aromatic hydroxyl groups is 1. The van der Waals surface area contributed by atoms with Crippen molar-refractivity contribution in [2.75, 3.05) is 43.1 Å². The minimum absolute atomic E-state index is 0.289. The molecular formula is C19H23N5O2. The Hall–Kier alpha value is -2.80. The molecule has 0 bridgehead atoms. The standard InChI is InChI=1S/C19H23N5O2/c1-13-12-16-17(20-7-6-14-2-4-15(25)5-3-14)22-19(23-18(16)21-13)24-8-10-26-11-9-24/h2-5,12,25H,6-11H2,1H3,(H2,20,21,22,23). The van der Waals surface area contributed by atoms with E-state index in [4.69, 9.17) is 14.7 Å². The molecule has 0 saturated carbocycles. The molecular weight excluding hydrogens is 330 g/mol. The van der Waals surface area contributed by atoms with Crippen LogP contribution in [0.5, 0.6) is 5.75 Å². The molecule has 0 aliphatic carbocycles. The van der Waals surface area contributed by atoms with Gasteiger partial charge in [-0.2, -0.15) is 9.97 Å². The molecule has 4 rings (SSSR count). The van der Waals surface area contributed by atoms with Crippen molar-refractivity contribution in [3.05, 3.63) is 41.6 Å². The molecule has 7 nitrogen and oxygen atoms in total. The van der Waals surface area contributed by atoms with Crippen molar-refractivity contribution >= 4 is 22.8 Å². The van der Waals surface area contributed by atoms with Crippen LogP contribution in [0.4, 0.5) is 11.8 Å². The number of morpholine rings is 1. The van der Waals surface area contributed by atoms with Crippen molar-refractivity contribution in [3.8, 4) is 5.75 Å². The Bertz CT molecular complexity index is 885. The van der Waals surface area contributed by atoms with Gasteiger partial charge in [0.2, 0.25) is 5.95 Å². The van der Waals surface area contributed by atoms with Gasteiger partial charge in [0, 0.05) is 25.3 Å². The number of hydrogen-bond donors (Lipinski definition) is 3. The molecule has 0 amide bonds. The maximum Gasteiger partial charge on any atom is 0.229 e. The molecule has 1 saturated heterocycles. The summed E-state index contributed by atoms with van der Waals surface area (Å²) in [6.07, 6.45) is 0.849. The Labute approximate surface area is 152 Å². The number of nitrogens with one attached hydrogen (secondary N) is 2. The zero-order valence-electron chi connectivity index (χ0n) is 14.8.